The Hall–Kier alpha value is -1.52. The minimum atomic E-state index is -0.752. The average molecular weight is 228 g/mol. The highest BCUT2D eigenvalue weighted by Gasteiger charge is 2.35. The van der Waals surface area contributed by atoms with E-state index in [2.05, 4.69) is 0 Å². The topological polar surface area (TPSA) is 72.8 Å². The highest BCUT2D eigenvalue weighted by molar-refractivity contribution is 5.90. The number of hydrogen-bond donors (Lipinski definition) is 1. The van der Waals surface area contributed by atoms with E-state index < -0.39 is 18.0 Å². The van der Waals surface area contributed by atoms with Crippen LogP contribution in [0.1, 0.15) is 33.1 Å². The van der Waals surface area contributed by atoms with Crippen LogP contribution in [-0.2, 0) is 19.1 Å². The fourth-order valence-corrected chi connectivity index (χ4v) is 1.62. The summed E-state index contributed by atoms with van der Waals surface area (Å²) in [5.74, 6) is -1.53. The summed E-state index contributed by atoms with van der Waals surface area (Å²) in [5, 5.41) is 9.45. The van der Waals surface area contributed by atoms with E-state index in [0.717, 1.165) is 6.42 Å². The van der Waals surface area contributed by atoms with Gasteiger partial charge >= 0.3 is 11.9 Å². The molecule has 0 aromatic carbocycles. The number of ether oxygens (including phenoxy) is 2. The van der Waals surface area contributed by atoms with Gasteiger partial charge in [0.2, 0.25) is 5.76 Å². The van der Waals surface area contributed by atoms with E-state index in [9.17, 15) is 14.7 Å². The molecule has 1 aliphatic heterocycles. The normalized spacial score (nSPS) is 19.9. The van der Waals surface area contributed by atoms with Crippen molar-refractivity contribution in [3.63, 3.8) is 0 Å². The van der Waals surface area contributed by atoms with Crippen molar-refractivity contribution in [1.82, 2.24) is 0 Å². The summed E-state index contributed by atoms with van der Waals surface area (Å²) in [6.45, 7) is 3.92. The lowest BCUT2D eigenvalue weighted by molar-refractivity contribution is -0.149. The third-order valence-corrected chi connectivity index (χ3v) is 2.31. The Kier molecular flexibility index (Phi) is 4.34. The van der Waals surface area contributed by atoms with Crippen LogP contribution in [0.25, 0.3) is 0 Å². The summed E-state index contributed by atoms with van der Waals surface area (Å²) in [4.78, 5) is 22.4. The standard InChI is InChI=1S/C11H16O5/c1-3-5-7-8(6-9(12)15-4-2)16-11(14)10(7)13/h8,13H,3-6H2,1-2H3. The number of cyclic esters (lactones) is 1. The summed E-state index contributed by atoms with van der Waals surface area (Å²) < 4.78 is 9.66. The number of carbonyl (C=O) groups excluding carboxylic acids is 2. The molecule has 0 aromatic heterocycles. The first-order valence-electron chi connectivity index (χ1n) is 5.38. The molecular weight excluding hydrogens is 212 g/mol. The maximum Gasteiger partial charge on any atom is 0.374 e. The molecule has 1 heterocycles. The van der Waals surface area contributed by atoms with Gasteiger partial charge in [0, 0.05) is 5.57 Å². The Morgan fingerprint density at radius 2 is 2.19 bits per heavy atom. The van der Waals surface area contributed by atoms with Gasteiger partial charge < -0.3 is 14.6 Å². The average Bonchev–Trinajstić information content (AvgIpc) is 2.47. The third-order valence-electron chi connectivity index (χ3n) is 2.31. The van der Waals surface area contributed by atoms with Gasteiger partial charge in [-0.15, -0.1) is 0 Å². The van der Waals surface area contributed by atoms with E-state index in [0.29, 0.717) is 12.0 Å². The predicted molar refractivity (Wildman–Crippen MR) is 55.7 cm³/mol. The van der Waals surface area contributed by atoms with Crippen molar-refractivity contribution in [2.75, 3.05) is 6.61 Å². The molecule has 0 radical (unpaired) electrons. The quantitative estimate of drug-likeness (QED) is 0.721. The van der Waals surface area contributed by atoms with E-state index in [1.165, 1.54) is 0 Å². The summed E-state index contributed by atoms with van der Waals surface area (Å²) >= 11 is 0. The van der Waals surface area contributed by atoms with E-state index in [-0.39, 0.29) is 18.8 Å². The highest BCUT2D eigenvalue weighted by Crippen LogP contribution is 2.27. The molecule has 0 saturated heterocycles. The molecule has 0 saturated carbocycles. The van der Waals surface area contributed by atoms with Gasteiger partial charge in [-0.25, -0.2) is 4.79 Å². The molecule has 5 nitrogen and oxygen atoms in total. The van der Waals surface area contributed by atoms with Gasteiger partial charge in [-0.3, -0.25) is 4.79 Å². The zero-order valence-electron chi connectivity index (χ0n) is 9.49. The highest BCUT2D eigenvalue weighted by atomic mass is 16.6. The van der Waals surface area contributed by atoms with Crippen LogP contribution >= 0.6 is 0 Å². The number of carbonyl (C=O) groups is 2. The van der Waals surface area contributed by atoms with Crippen LogP contribution in [0.15, 0.2) is 11.3 Å². The van der Waals surface area contributed by atoms with Crippen LogP contribution in [0, 0.1) is 0 Å². The minimum Gasteiger partial charge on any atom is -0.502 e. The molecule has 1 unspecified atom stereocenters. The Balaban J connectivity index is 2.67. The van der Waals surface area contributed by atoms with Gasteiger partial charge in [0.05, 0.1) is 13.0 Å². The number of esters is 2. The van der Waals surface area contributed by atoms with Crippen molar-refractivity contribution in [3.05, 3.63) is 11.3 Å². The monoisotopic (exact) mass is 228 g/mol. The first-order valence-corrected chi connectivity index (χ1v) is 5.38. The zero-order valence-corrected chi connectivity index (χ0v) is 9.49. The molecule has 0 bridgehead atoms. The van der Waals surface area contributed by atoms with Gasteiger partial charge in [0.25, 0.3) is 0 Å². The van der Waals surface area contributed by atoms with Crippen molar-refractivity contribution in [1.29, 1.82) is 0 Å². The molecule has 16 heavy (non-hydrogen) atoms. The van der Waals surface area contributed by atoms with Crippen molar-refractivity contribution >= 4 is 11.9 Å². The lowest BCUT2D eigenvalue weighted by Crippen LogP contribution is -2.18. The van der Waals surface area contributed by atoms with Gasteiger partial charge in [0.1, 0.15) is 6.10 Å². The maximum atomic E-state index is 11.2. The number of aliphatic hydroxyl groups excluding tert-OH is 1. The third kappa shape index (κ3) is 2.74. The first-order chi connectivity index (χ1) is 7.60. The number of rotatable bonds is 5. The van der Waals surface area contributed by atoms with E-state index >= 15 is 0 Å². The molecular formula is C11H16O5. The van der Waals surface area contributed by atoms with Crippen molar-refractivity contribution in [2.24, 2.45) is 0 Å². The molecule has 0 spiro atoms. The van der Waals surface area contributed by atoms with Crippen LogP contribution in [0.3, 0.4) is 0 Å². The molecule has 1 N–H and O–H groups in total. The summed E-state index contributed by atoms with van der Waals surface area (Å²) in [7, 11) is 0. The predicted octanol–water partition coefficient (Wildman–Crippen LogP) is 1.48. The van der Waals surface area contributed by atoms with Crippen molar-refractivity contribution < 1.29 is 24.2 Å². The lowest BCUT2D eigenvalue weighted by atomic mass is 10.0. The van der Waals surface area contributed by atoms with Gasteiger partial charge in [-0.05, 0) is 13.3 Å². The van der Waals surface area contributed by atoms with Crippen molar-refractivity contribution in [2.45, 2.75) is 39.2 Å². The minimum absolute atomic E-state index is 0.0288. The smallest absolute Gasteiger partial charge is 0.374 e. The Labute approximate surface area is 94.0 Å². The molecule has 1 aliphatic rings. The largest absolute Gasteiger partial charge is 0.502 e. The van der Waals surface area contributed by atoms with Crippen LogP contribution in [0.4, 0.5) is 0 Å². The van der Waals surface area contributed by atoms with Crippen molar-refractivity contribution in [3.8, 4) is 0 Å². The van der Waals surface area contributed by atoms with Crippen LogP contribution in [0.5, 0.6) is 0 Å². The first kappa shape index (κ1) is 12.5. The molecule has 1 rings (SSSR count). The van der Waals surface area contributed by atoms with Crippen LogP contribution in [-0.4, -0.2) is 29.8 Å². The maximum absolute atomic E-state index is 11.2. The Morgan fingerprint density at radius 1 is 1.50 bits per heavy atom. The molecule has 0 fully saturated rings. The van der Waals surface area contributed by atoms with Gasteiger partial charge in [0.15, 0.2) is 0 Å². The lowest BCUT2D eigenvalue weighted by Gasteiger charge is -2.11. The van der Waals surface area contributed by atoms with E-state index in [4.69, 9.17) is 9.47 Å². The van der Waals surface area contributed by atoms with Crippen LogP contribution < -0.4 is 0 Å². The Bertz CT molecular complexity index is 318. The SMILES string of the molecule is CCCC1=C(O)C(=O)OC1CC(=O)OCC. The van der Waals surface area contributed by atoms with Gasteiger partial charge in [-0.1, -0.05) is 13.3 Å². The molecule has 5 heteroatoms. The molecule has 0 aliphatic carbocycles. The number of hydrogen-bond acceptors (Lipinski definition) is 5. The summed E-state index contributed by atoms with van der Waals surface area (Å²) in [5.41, 5.74) is 0.501. The van der Waals surface area contributed by atoms with Gasteiger partial charge in [-0.2, -0.15) is 0 Å². The van der Waals surface area contributed by atoms with E-state index in [1.54, 1.807) is 6.92 Å². The second-order valence-corrected chi connectivity index (χ2v) is 3.53. The zero-order chi connectivity index (χ0) is 12.1. The molecule has 1 atom stereocenters. The molecule has 0 aromatic rings. The second kappa shape index (κ2) is 5.53. The summed E-state index contributed by atoms with van der Waals surface area (Å²) in [6, 6.07) is 0. The second-order valence-electron chi connectivity index (χ2n) is 3.53. The molecule has 0 amide bonds. The van der Waals surface area contributed by atoms with E-state index in [1.807, 2.05) is 6.92 Å². The van der Waals surface area contributed by atoms with Crippen LogP contribution in [0.2, 0.25) is 0 Å². The molecule has 90 valence electrons. The Morgan fingerprint density at radius 3 is 2.75 bits per heavy atom. The summed E-state index contributed by atoms with van der Waals surface area (Å²) in [6.07, 6.45) is 0.627. The fourth-order valence-electron chi connectivity index (χ4n) is 1.62. The fraction of sp³-hybridized carbons (Fsp3) is 0.636. The number of aliphatic hydroxyl groups is 1.